The van der Waals surface area contributed by atoms with Crippen molar-refractivity contribution in [1.29, 1.82) is 0 Å². The molecule has 0 saturated carbocycles. The Bertz CT molecular complexity index is 701. The van der Waals surface area contributed by atoms with Gasteiger partial charge in [-0.25, -0.2) is 9.78 Å². The summed E-state index contributed by atoms with van der Waals surface area (Å²) in [4.78, 5) is 27.1. The Morgan fingerprint density at radius 1 is 1.09 bits per heavy atom. The highest BCUT2D eigenvalue weighted by Crippen LogP contribution is 2.22. The predicted octanol–water partition coefficient (Wildman–Crippen LogP) is 3.33. The average Bonchev–Trinajstić information content (AvgIpc) is 2.46. The molecule has 1 amide bonds. The number of carboxylic acids is 1. The molecule has 0 bridgehead atoms. The van der Waals surface area contributed by atoms with Crippen LogP contribution in [0.1, 0.15) is 47.2 Å². The monoisotopic (exact) mass is 298 g/mol. The molecule has 2 rings (SSSR count). The molecule has 22 heavy (non-hydrogen) atoms. The van der Waals surface area contributed by atoms with Crippen LogP contribution in [0.2, 0.25) is 0 Å². The summed E-state index contributed by atoms with van der Waals surface area (Å²) >= 11 is 0. The summed E-state index contributed by atoms with van der Waals surface area (Å²) in [6.45, 7) is 6.28. The smallest absolute Gasteiger partial charge is 0.356 e. The van der Waals surface area contributed by atoms with E-state index in [-0.39, 0.29) is 22.7 Å². The number of aromatic nitrogens is 1. The van der Waals surface area contributed by atoms with Crippen LogP contribution in [0.15, 0.2) is 42.6 Å². The van der Waals surface area contributed by atoms with Gasteiger partial charge in [0.25, 0.3) is 5.91 Å². The van der Waals surface area contributed by atoms with Gasteiger partial charge in [0.15, 0.2) is 5.69 Å². The number of benzene rings is 1. The predicted molar refractivity (Wildman–Crippen MR) is 84.3 cm³/mol. The summed E-state index contributed by atoms with van der Waals surface area (Å²) in [5.74, 6) is -1.55. The zero-order valence-corrected chi connectivity index (χ0v) is 12.8. The van der Waals surface area contributed by atoms with Crippen LogP contribution in [-0.2, 0) is 5.41 Å². The fourth-order valence-electron chi connectivity index (χ4n) is 1.99. The highest BCUT2D eigenvalue weighted by Gasteiger charge is 2.16. The Morgan fingerprint density at radius 3 is 2.27 bits per heavy atom. The first-order valence-electron chi connectivity index (χ1n) is 6.89. The van der Waals surface area contributed by atoms with E-state index in [1.165, 1.54) is 12.3 Å². The zero-order valence-electron chi connectivity index (χ0n) is 12.8. The van der Waals surface area contributed by atoms with Gasteiger partial charge in [0.05, 0.1) is 5.69 Å². The van der Waals surface area contributed by atoms with Gasteiger partial charge in [-0.1, -0.05) is 32.9 Å². The summed E-state index contributed by atoms with van der Waals surface area (Å²) in [5.41, 5.74) is 1.60. The van der Waals surface area contributed by atoms with Gasteiger partial charge in [-0.15, -0.1) is 0 Å². The van der Waals surface area contributed by atoms with Crippen LogP contribution < -0.4 is 5.32 Å². The number of carboxylic acid groups (broad SMARTS) is 1. The van der Waals surface area contributed by atoms with Crippen LogP contribution >= 0.6 is 0 Å². The molecule has 2 aromatic rings. The molecule has 1 aromatic carbocycles. The molecule has 5 heteroatoms. The van der Waals surface area contributed by atoms with Crippen molar-refractivity contribution in [2.45, 2.75) is 26.2 Å². The largest absolute Gasteiger partial charge is 0.476 e. The lowest BCUT2D eigenvalue weighted by molar-refractivity contribution is 0.0691. The van der Waals surface area contributed by atoms with Gasteiger partial charge in [-0.05, 0) is 35.2 Å². The van der Waals surface area contributed by atoms with E-state index in [0.717, 1.165) is 5.56 Å². The van der Waals surface area contributed by atoms with Crippen LogP contribution in [0.5, 0.6) is 0 Å². The first kappa shape index (κ1) is 15.7. The Hall–Kier alpha value is -2.69. The highest BCUT2D eigenvalue weighted by molar-refractivity contribution is 6.07. The second-order valence-electron chi connectivity index (χ2n) is 5.99. The molecule has 0 spiro atoms. The number of amides is 1. The fraction of sp³-hybridized carbons (Fsp3) is 0.235. The first-order chi connectivity index (χ1) is 10.3. The molecule has 1 aromatic heterocycles. The Labute approximate surface area is 129 Å². The third-order valence-electron chi connectivity index (χ3n) is 3.27. The molecular weight excluding hydrogens is 280 g/mol. The molecule has 0 aliphatic heterocycles. The van der Waals surface area contributed by atoms with E-state index >= 15 is 0 Å². The second-order valence-corrected chi connectivity index (χ2v) is 5.99. The first-order valence-corrected chi connectivity index (χ1v) is 6.89. The van der Waals surface area contributed by atoms with Crippen molar-refractivity contribution < 1.29 is 14.7 Å². The maximum atomic E-state index is 12.2. The van der Waals surface area contributed by atoms with E-state index in [2.05, 4.69) is 31.1 Å². The Balaban J connectivity index is 2.22. The van der Waals surface area contributed by atoms with Gasteiger partial charge in [0.2, 0.25) is 0 Å². The van der Waals surface area contributed by atoms with Gasteiger partial charge in [0, 0.05) is 11.8 Å². The van der Waals surface area contributed by atoms with Gasteiger partial charge >= 0.3 is 5.97 Å². The molecule has 2 N–H and O–H groups in total. The Kier molecular flexibility index (Phi) is 4.26. The molecule has 0 aliphatic rings. The van der Waals surface area contributed by atoms with E-state index in [4.69, 9.17) is 5.11 Å². The van der Waals surface area contributed by atoms with Gasteiger partial charge in [0.1, 0.15) is 0 Å². The topological polar surface area (TPSA) is 79.3 Å². The van der Waals surface area contributed by atoms with Gasteiger partial charge in [-0.2, -0.15) is 0 Å². The van der Waals surface area contributed by atoms with Gasteiger partial charge < -0.3 is 10.4 Å². The number of carbonyl (C=O) groups is 2. The van der Waals surface area contributed by atoms with Crippen molar-refractivity contribution in [3.05, 3.63) is 59.4 Å². The number of hydrogen-bond acceptors (Lipinski definition) is 3. The third kappa shape index (κ3) is 3.49. The third-order valence-corrected chi connectivity index (χ3v) is 3.27. The van der Waals surface area contributed by atoms with E-state index in [0.29, 0.717) is 5.56 Å². The maximum Gasteiger partial charge on any atom is 0.356 e. The summed E-state index contributed by atoms with van der Waals surface area (Å²) in [7, 11) is 0. The standard InChI is InChI=1S/C17H18N2O3/c1-17(2,3)12-8-6-11(7-9-12)15(20)19-13-5-4-10-18-14(13)16(21)22/h4-10H,1-3H3,(H,19,20)(H,21,22). The number of carbonyl (C=O) groups excluding carboxylic acids is 1. The van der Waals surface area contributed by atoms with Crippen molar-refractivity contribution in [3.8, 4) is 0 Å². The average molecular weight is 298 g/mol. The minimum atomic E-state index is -1.18. The lowest BCUT2D eigenvalue weighted by Gasteiger charge is -2.19. The van der Waals surface area contributed by atoms with Crippen LogP contribution in [0.4, 0.5) is 5.69 Å². The summed E-state index contributed by atoms with van der Waals surface area (Å²) in [5, 5.41) is 11.6. The van der Waals surface area contributed by atoms with Crippen molar-refractivity contribution in [3.63, 3.8) is 0 Å². The van der Waals surface area contributed by atoms with E-state index in [9.17, 15) is 9.59 Å². The fourth-order valence-corrected chi connectivity index (χ4v) is 1.99. The van der Waals surface area contributed by atoms with Crippen LogP contribution in [0, 0.1) is 0 Å². The van der Waals surface area contributed by atoms with Crippen molar-refractivity contribution in [1.82, 2.24) is 4.98 Å². The van der Waals surface area contributed by atoms with Crippen LogP contribution in [0.25, 0.3) is 0 Å². The molecule has 0 atom stereocenters. The quantitative estimate of drug-likeness (QED) is 0.911. The SMILES string of the molecule is CC(C)(C)c1ccc(C(=O)Nc2cccnc2C(=O)O)cc1. The molecule has 114 valence electrons. The molecule has 1 heterocycles. The van der Waals surface area contributed by atoms with E-state index < -0.39 is 5.97 Å². The molecule has 0 radical (unpaired) electrons. The molecular formula is C17H18N2O3. The molecule has 5 nitrogen and oxygen atoms in total. The number of nitrogens with one attached hydrogen (secondary N) is 1. The lowest BCUT2D eigenvalue weighted by Crippen LogP contribution is -2.16. The molecule has 0 saturated heterocycles. The number of aromatic carboxylic acids is 1. The van der Waals surface area contributed by atoms with Crippen LogP contribution in [0.3, 0.4) is 0 Å². The normalized spacial score (nSPS) is 11.0. The lowest BCUT2D eigenvalue weighted by atomic mass is 9.87. The zero-order chi connectivity index (χ0) is 16.3. The number of nitrogens with zero attached hydrogens (tertiary/aromatic N) is 1. The van der Waals surface area contributed by atoms with Crippen molar-refractivity contribution >= 4 is 17.6 Å². The maximum absolute atomic E-state index is 12.2. The minimum Gasteiger partial charge on any atom is -0.476 e. The molecule has 0 aliphatic carbocycles. The highest BCUT2D eigenvalue weighted by atomic mass is 16.4. The van der Waals surface area contributed by atoms with E-state index in [1.807, 2.05) is 12.1 Å². The number of hydrogen-bond donors (Lipinski definition) is 2. The summed E-state index contributed by atoms with van der Waals surface area (Å²) in [6.07, 6.45) is 1.37. The molecule has 0 fully saturated rings. The van der Waals surface area contributed by atoms with Crippen LogP contribution in [-0.4, -0.2) is 22.0 Å². The summed E-state index contributed by atoms with van der Waals surface area (Å²) < 4.78 is 0. The van der Waals surface area contributed by atoms with E-state index in [1.54, 1.807) is 18.2 Å². The van der Waals surface area contributed by atoms with Crippen molar-refractivity contribution in [2.24, 2.45) is 0 Å². The minimum absolute atomic E-state index is 0.00876. The van der Waals surface area contributed by atoms with Crippen molar-refractivity contribution in [2.75, 3.05) is 5.32 Å². The summed E-state index contributed by atoms with van der Waals surface area (Å²) in [6, 6.07) is 10.3. The number of pyridine rings is 1. The Morgan fingerprint density at radius 2 is 1.73 bits per heavy atom. The number of anilines is 1. The van der Waals surface area contributed by atoms with Gasteiger partial charge in [-0.3, -0.25) is 4.79 Å². The second kappa shape index (κ2) is 5.97. The molecule has 0 unspecified atom stereocenters. The number of rotatable bonds is 3.